The number of esters is 1. The zero-order valence-corrected chi connectivity index (χ0v) is 42.9. The van der Waals surface area contributed by atoms with E-state index in [4.69, 9.17) is 24.7 Å². The van der Waals surface area contributed by atoms with Crippen LogP contribution in [0.15, 0.2) is 53.8 Å². The highest BCUT2D eigenvalue weighted by Gasteiger charge is 2.52. The molecule has 1 saturated heterocycles. The zero-order valence-electron chi connectivity index (χ0n) is 41.3. The van der Waals surface area contributed by atoms with Crippen LogP contribution < -0.4 is 35.9 Å². The molecule has 4 fully saturated rings. The number of phenolic OH excluding ortho intramolecular Hbond substituents is 2. The molecule has 4 aliphatic carbocycles. The number of benzene rings is 3. The van der Waals surface area contributed by atoms with Gasteiger partial charge in [-0.15, -0.1) is 0 Å². The first-order valence-electron chi connectivity index (χ1n) is 26.3. The van der Waals surface area contributed by atoms with Crippen LogP contribution in [0.2, 0.25) is 0 Å². The van der Waals surface area contributed by atoms with E-state index in [0.29, 0.717) is 60.7 Å². The minimum absolute atomic E-state index is 0.0676. The van der Waals surface area contributed by atoms with Gasteiger partial charge >= 0.3 is 5.97 Å². The maximum absolute atomic E-state index is 13.0. The molecule has 12 rings (SSSR count). The lowest BCUT2D eigenvalue weighted by Crippen LogP contribution is -2.49. The van der Waals surface area contributed by atoms with Crippen LogP contribution in [0.5, 0.6) is 28.7 Å². The molecule has 9 atom stereocenters. The molecule has 3 aromatic rings. The van der Waals surface area contributed by atoms with Gasteiger partial charge in [0.05, 0.1) is 30.9 Å². The SMILES string of the molecule is COc1cc(O)cc2c1-c1ccc3c4c1[C@@]1(CC[C@H](CC5=C(C#CCc6c(CNC7CCC(=O)CC7)c(O)c7c(c6[C@@H](O4)[C@H]3COC(C)=O)C=C[C@@H]3N[C@H]4CCC[C@@H](CSSC[C@H]3O7)C4)NC(N)C=C5)C1)C2. The molecule has 9 aliphatic rings. The largest absolute Gasteiger partial charge is 0.508 e. The third-order valence-corrected chi connectivity index (χ3v) is 19.9. The third-order valence-electron chi connectivity index (χ3n) is 17.3. The number of Topliss-reactive ketones (excluding diaryl/α,β-unsaturated/α-hetero) is 1. The third kappa shape index (κ3) is 8.88. The Bertz CT molecular complexity index is 2860. The van der Waals surface area contributed by atoms with Crippen LogP contribution in [0.4, 0.5) is 0 Å². The minimum atomic E-state index is -0.688. The van der Waals surface area contributed by atoms with Gasteiger partial charge in [0.15, 0.2) is 11.5 Å². The summed E-state index contributed by atoms with van der Waals surface area (Å²) in [6, 6.07) is 8.26. The number of ether oxygens (including phenoxy) is 4. The first-order chi connectivity index (χ1) is 35.0. The van der Waals surface area contributed by atoms with Crippen molar-refractivity contribution in [1.82, 2.24) is 16.0 Å². The fourth-order valence-corrected chi connectivity index (χ4v) is 16.6. The van der Waals surface area contributed by atoms with Crippen LogP contribution in [-0.2, 0) is 39.1 Å². The summed E-state index contributed by atoms with van der Waals surface area (Å²) in [5, 5.41) is 35.5. The number of fused-ring (bicyclic) bond motifs is 11. The Morgan fingerprint density at radius 1 is 1.03 bits per heavy atom. The number of allylic oxidation sites excluding steroid dienone is 3. The molecule has 1 spiro atoms. The van der Waals surface area contributed by atoms with Crippen molar-refractivity contribution in [3.05, 3.63) is 92.7 Å². The number of carbonyl (C=O) groups excluding carboxylic acids is 2. The Morgan fingerprint density at radius 2 is 1.89 bits per heavy atom. The summed E-state index contributed by atoms with van der Waals surface area (Å²) in [7, 11) is 5.44. The van der Waals surface area contributed by atoms with Gasteiger partial charge < -0.3 is 50.8 Å². The van der Waals surface area contributed by atoms with Crippen LogP contribution in [0.25, 0.3) is 17.2 Å². The predicted octanol–water partition coefficient (Wildman–Crippen LogP) is 9.08. The maximum atomic E-state index is 13.0. The van der Waals surface area contributed by atoms with E-state index in [2.05, 4.69) is 58.2 Å². The van der Waals surface area contributed by atoms with E-state index in [1.54, 1.807) is 13.2 Å². The van der Waals surface area contributed by atoms with E-state index < -0.39 is 18.2 Å². The lowest BCUT2D eigenvalue weighted by Gasteiger charge is -2.39. The molecule has 0 aromatic heterocycles. The van der Waals surface area contributed by atoms with E-state index in [9.17, 15) is 19.8 Å². The molecule has 378 valence electrons. The molecule has 3 aromatic carbocycles. The monoisotopic (exact) mass is 1010 g/mol. The number of phenols is 2. The van der Waals surface area contributed by atoms with Crippen molar-refractivity contribution in [3.8, 4) is 51.7 Å². The predicted molar refractivity (Wildman–Crippen MR) is 282 cm³/mol. The van der Waals surface area contributed by atoms with Gasteiger partial charge in [0.2, 0.25) is 0 Å². The number of ketones is 1. The van der Waals surface area contributed by atoms with Crippen LogP contribution in [0.1, 0.15) is 135 Å². The maximum Gasteiger partial charge on any atom is 0.302 e. The van der Waals surface area contributed by atoms with Crippen molar-refractivity contribution >= 4 is 39.4 Å². The van der Waals surface area contributed by atoms with Crippen molar-refractivity contribution in [2.24, 2.45) is 17.6 Å². The summed E-state index contributed by atoms with van der Waals surface area (Å²) in [5.74, 6) is 11.5. The molecule has 7 N–H and O–H groups in total. The molecular formula is C58H66N4O8S2. The zero-order chi connectivity index (χ0) is 49.3. The molecule has 1 unspecified atom stereocenters. The standard InChI is InChI=1S/C58H66N4O8S2/c1-31(63)68-28-45-41-14-15-42-51-35(23-39(65)24-48(51)67-2)26-58-20-19-32(25-58)21-34-9-18-50(59)62-46(34)8-4-7-40-44(27-60-36-10-12-38(64)13-11-36)54(66)57-43(52(40)55(45)70-56(41)53(42)58)16-17-47-49(69-57)30-72-71-29-33-5-3-6-37(22-33)61-47/h9,14-18,23-24,32-33,36-37,45,47,49-50,55,60-62,65-66H,3,5-7,10-13,19-22,25-30,59H2,1-2H3/t32-,33-,37+,45+,47+,49-,50?,55+,58-/m1/s1. The molecular weight excluding hydrogens is 945 g/mol. The Kier molecular flexibility index (Phi) is 13.1. The number of carbonyl (C=O) groups is 2. The minimum Gasteiger partial charge on any atom is -0.508 e. The molecule has 0 amide bonds. The number of hydrogen-bond donors (Lipinski definition) is 6. The lowest BCUT2D eigenvalue weighted by molar-refractivity contribution is -0.142. The Morgan fingerprint density at radius 3 is 2.74 bits per heavy atom. The van der Waals surface area contributed by atoms with Crippen molar-refractivity contribution in [1.29, 1.82) is 0 Å². The highest BCUT2D eigenvalue weighted by Crippen LogP contribution is 2.63. The Labute approximate surface area is 430 Å². The van der Waals surface area contributed by atoms with Crippen molar-refractivity contribution in [2.75, 3.05) is 25.2 Å². The average molecular weight is 1010 g/mol. The second kappa shape index (κ2) is 19.7. The highest BCUT2D eigenvalue weighted by molar-refractivity contribution is 8.76. The van der Waals surface area contributed by atoms with Crippen molar-refractivity contribution in [2.45, 2.75) is 151 Å². The smallest absolute Gasteiger partial charge is 0.302 e. The van der Waals surface area contributed by atoms with Crippen LogP contribution >= 0.6 is 21.6 Å². The van der Waals surface area contributed by atoms with Gasteiger partial charge in [-0.25, -0.2) is 0 Å². The number of dihydropyridines is 1. The molecule has 3 saturated carbocycles. The number of nitrogens with two attached hydrogens (primary N) is 1. The molecule has 6 bridgehead atoms. The molecule has 5 heterocycles. The second-order valence-electron chi connectivity index (χ2n) is 21.9. The summed E-state index contributed by atoms with van der Waals surface area (Å²) in [6.45, 7) is 1.83. The van der Waals surface area contributed by atoms with Crippen LogP contribution in [0, 0.1) is 23.7 Å². The fourth-order valence-electron chi connectivity index (χ4n) is 13.9. The fraction of sp³-hybridized carbons (Fsp3) is 0.517. The second-order valence-corrected chi connectivity index (χ2v) is 24.4. The Hall–Kier alpha value is -5.04. The van der Waals surface area contributed by atoms with Gasteiger partial charge in [-0.3, -0.25) is 9.59 Å². The van der Waals surface area contributed by atoms with Gasteiger partial charge in [0.25, 0.3) is 0 Å². The van der Waals surface area contributed by atoms with Gasteiger partial charge in [0, 0.05) is 101 Å². The molecule has 0 radical (unpaired) electrons. The first kappa shape index (κ1) is 47.9. The topological polar surface area (TPSA) is 174 Å². The summed E-state index contributed by atoms with van der Waals surface area (Å²) in [4.78, 5) is 25.4. The van der Waals surface area contributed by atoms with Crippen LogP contribution in [-0.4, -0.2) is 77.6 Å². The normalized spacial score (nSPS) is 30.2. The number of nitrogens with one attached hydrogen (secondary N) is 3. The van der Waals surface area contributed by atoms with E-state index in [1.165, 1.54) is 19.8 Å². The lowest BCUT2D eigenvalue weighted by atomic mass is 9.65. The number of aromatic hydroxyl groups is 2. The number of methoxy groups -OCH3 is 1. The highest BCUT2D eigenvalue weighted by atomic mass is 33.1. The van der Waals surface area contributed by atoms with Crippen molar-refractivity contribution < 1.29 is 38.7 Å². The average Bonchev–Trinajstić information content (AvgIpc) is 3.88. The summed E-state index contributed by atoms with van der Waals surface area (Å²) in [6.07, 6.45) is 18.9. The molecule has 14 heteroatoms. The molecule has 72 heavy (non-hydrogen) atoms. The summed E-state index contributed by atoms with van der Waals surface area (Å²) in [5.41, 5.74) is 16.4. The summed E-state index contributed by atoms with van der Waals surface area (Å²) < 4.78 is 27.2. The Balaban J connectivity index is 1.10. The van der Waals surface area contributed by atoms with E-state index >= 15 is 0 Å². The number of rotatable bonds is 6. The summed E-state index contributed by atoms with van der Waals surface area (Å²) >= 11 is 0. The van der Waals surface area contributed by atoms with Gasteiger partial charge in [-0.1, -0.05) is 64.3 Å². The van der Waals surface area contributed by atoms with E-state index in [0.717, 1.165) is 124 Å². The number of hydrogen-bond acceptors (Lipinski definition) is 14. The molecule has 5 aliphatic heterocycles. The van der Waals surface area contributed by atoms with Crippen molar-refractivity contribution in [3.63, 3.8) is 0 Å². The quantitative estimate of drug-likeness (QED) is 0.0784. The molecule has 12 nitrogen and oxygen atoms in total. The first-order valence-corrected chi connectivity index (χ1v) is 28.8. The van der Waals surface area contributed by atoms with Gasteiger partial charge in [-0.05, 0) is 116 Å². The van der Waals surface area contributed by atoms with Gasteiger partial charge in [-0.2, -0.15) is 0 Å². The van der Waals surface area contributed by atoms with E-state index in [1.807, 2.05) is 33.7 Å². The van der Waals surface area contributed by atoms with Crippen LogP contribution in [0.3, 0.4) is 0 Å². The van der Waals surface area contributed by atoms with E-state index in [-0.39, 0.29) is 59.9 Å². The van der Waals surface area contributed by atoms with Gasteiger partial charge in [0.1, 0.15) is 41.8 Å².